The fourth-order valence-electron chi connectivity index (χ4n) is 3.13. The van der Waals surface area contributed by atoms with E-state index in [1.54, 1.807) is 50.6 Å². The van der Waals surface area contributed by atoms with E-state index in [0.717, 1.165) is 16.7 Å². The summed E-state index contributed by atoms with van der Waals surface area (Å²) in [6.07, 6.45) is 3.18. The first kappa shape index (κ1) is 22.6. The summed E-state index contributed by atoms with van der Waals surface area (Å²) in [7, 11) is 1.56. The van der Waals surface area contributed by atoms with E-state index in [4.69, 9.17) is 14.3 Å². The van der Waals surface area contributed by atoms with Gasteiger partial charge in [-0.05, 0) is 41.8 Å². The van der Waals surface area contributed by atoms with Gasteiger partial charge < -0.3 is 19.4 Å². The molecule has 0 aromatic heterocycles. The molecule has 0 aliphatic carbocycles. The molecular formula is C26H25NO5. The van der Waals surface area contributed by atoms with E-state index in [9.17, 15) is 9.90 Å². The van der Waals surface area contributed by atoms with Crippen LogP contribution in [0.15, 0.2) is 84.0 Å². The standard InChI is InChI=1S/C26H25NO5/c1-3-22(26(28)29)23-12-8-7-11-21(23)18-31-25-15-20(13-14-24(25)30-2)16-27-32-17-19-9-5-4-6-10-19/h3-16H,17-18H2,1-2H3,(H,28,29). The van der Waals surface area contributed by atoms with Gasteiger partial charge in [-0.1, -0.05) is 65.8 Å². The number of oxime groups is 1. The van der Waals surface area contributed by atoms with Crippen molar-refractivity contribution in [1.29, 1.82) is 0 Å². The van der Waals surface area contributed by atoms with Gasteiger partial charge in [0, 0.05) is 5.56 Å². The van der Waals surface area contributed by atoms with E-state index in [-0.39, 0.29) is 12.2 Å². The Morgan fingerprint density at radius 3 is 2.44 bits per heavy atom. The summed E-state index contributed by atoms with van der Waals surface area (Å²) in [6, 6.07) is 22.5. The Labute approximate surface area is 187 Å². The highest BCUT2D eigenvalue weighted by Crippen LogP contribution is 2.29. The highest BCUT2D eigenvalue weighted by Gasteiger charge is 2.14. The van der Waals surface area contributed by atoms with Gasteiger partial charge in [-0.25, -0.2) is 4.79 Å². The predicted octanol–water partition coefficient (Wildman–Crippen LogP) is 5.31. The van der Waals surface area contributed by atoms with Crippen LogP contribution in [-0.2, 0) is 22.8 Å². The highest BCUT2D eigenvalue weighted by molar-refractivity contribution is 6.15. The lowest BCUT2D eigenvalue weighted by Crippen LogP contribution is -2.06. The Hall–Kier alpha value is -4.06. The third-order valence-electron chi connectivity index (χ3n) is 4.75. The largest absolute Gasteiger partial charge is 0.493 e. The van der Waals surface area contributed by atoms with Crippen LogP contribution >= 0.6 is 0 Å². The molecule has 1 N–H and O–H groups in total. The second-order valence-electron chi connectivity index (χ2n) is 6.86. The molecule has 6 nitrogen and oxygen atoms in total. The van der Waals surface area contributed by atoms with Crippen LogP contribution in [0.4, 0.5) is 0 Å². The van der Waals surface area contributed by atoms with Crippen LogP contribution in [0.5, 0.6) is 11.5 Å². The van der Waals surface area contributed by atoms with E-state index in [1.165, 1.54) is 0 Å². The van der Waals surface area contributed by atoms with Crippen molar-refractivity contribution in [2.45, 2.75) is 20.1 Å². The SMILES string of the molecule is CC=C(C(=O)O)c1ccccc1COc1cc(C=NOCc2ccccc2)ccc1OC. The molecule has 0 radical (unpaired) electrons. The number of hydrogen-bond acceptors (Lipinski definition) is 5. The van der Waals surface area contributed by atoms with Crippen molar-refractivity contribution in [3.8, 4) is 11.5 Å². The molecule has 3 aromatic rings. The molecule has 164 valence electrons. The Bertz CT molecular complexity index is 1110. The van der Waals surface area contributed by atoms with Crippen molar-refractivity contribution >= 4 is 17.8 Å². The maximum atomic E-state index is 11.6. The Morgan fingerprint density at radius 1 is 0.969 bits per heavy atom. The second-order valence-corrected chi connectivity index (χ2v) is 6.86. The lowest BCUT2D eigenvalue weighted by molar-refractivity contribution is -0.130. The normalized spacial score (nSPS) is 11.4. The van der Waals surface area contributed by atoms with Crippen LogP contribution in [0.3, 0.4) is 0 Å². The molecule has 0 spiro atoms. The van der Waals surface area contributed by atoms with Gasteiger partial charge in [-0.15, -0.1) is 0 Å². The number of methoxy groups -OCH3 is 1. The van der Waals surface area contributed by atoms with E-state index < -0.39 is 5.97 Å². The van der Waals surface area contributed by atoms with Gasteiger partial charge in [0.15, 0.2) is 11.5 Å². The third kappa shape index (κ3) is 5.98. The quantitative estimate of drug-likeness (QED) is 0.267. The van der Waals surface area contributed by atoms with Crippen LogP contribution in [0, 0.1) is 0 Å². The summed E-state index contributed by atoms with van der Waals surface area (Å²) in [6.45, 7) is 2.26. The summed E-state index contributed by atoms with van der Waals surface area (Å²) in [4.78, 5) is 16.9. The van der Waals surface area contributed by atoms with Crippen LogP contribution in [-0.4, -0.2) is 24.4 Å². The highest BCUT2D eigenvalue weighted by atomic mass is 16.6. The molecule has 3 aromatic carbocycles. The van der Waals surface area contributed by atoms with Gasteiger partial charge in [0.05, 0.1) is 18.9 Å². The molecule has 32 heavy (non-hydrogen) atoms. The first-order valence-electron chi connectivity index (χ1n) is 10.1. The number of aliphatic carboxylic acids is 1. The van der Waals surface area contributed by atoms with E-state index >= 15 is 0 Å². The number of ether oxygens (including phenoxy) is 2. The first-order valence-corrected chi connectivity index (χ1v) is 10.1. The van der Waals surface area contributed by atoms with Gasteiger partial charge in [0.2, 0.25) is 0 Å². The number of benzene rings is 3. The summed E-state index contributed by atoms with van der Waals surface area (Å²) < 4.78 is 11.4. The molecule has 0 unspecified atom stereocenters. The molecule has 3 rings (SSSR count). The number of hydrogen-bond donors (Lipinski definition) is 1. The predicted molar refractivity (Wildman–Crippen MR) is 124 cm³/mol. The van der Waals surface area contributed by atoms with Gasteiger partial charge in [-0.3, -0.25) is 0 Å². The zero-order valence-electron chi connectivity index (χ0n) is 18.0. The number of carboxylic acid groups (broad SMARTS) is 1. The zero-order valence-corrected chi connectivity index (χ0v) is 18.0. The molecule has 0 saturated heterocycles. The first-order chi connectivity index (χ1) is 15.6. The minimum atomic E-state index is -0.980. The van der Waals surface area contributed by atoms with Crippen molar-refractivity contribution in [2.24, 2.45) is 5.16 Å². The molecule has 0 amide bonds. The van der Waals surface area contributed by atoms with Crippen LogP contribution in [0.1, 0.15) is 29.2 Å². The molecular weight excluding hydrogens is 406 g/mol. The third-order valence-corrected chi connectivity index (χ3v) is 4.75. The summed E-state index contributed by atoms with van der Waals surface area (Å²) in [5.74, 6) is 0.104. The van der Waals surface area contributed by atoms with Crippen molar-refractivity contribution in [3.05, 3.63) is 101 Å². The Morgan fingerprint density at radius 2 is 1.72 bits per heavy atom. The molecule has 0 aliphatic rings. The minimum Gasteiger partial charge on any atom is -0.493 e. The Kier molecular flexibility index (Phi) is 8.03. The van der Waals surface area contributed by atoms with Crippen molar-refractivity contribution in [1.82, 2.24) is 0 Å². The smallest absolute Gasteiger partial charge is 0.335 e. The number of rotatable bonds is 10. The number of allylic oxidation sites excluding steroid dienone is 1. The van der Waals surface area contributed by atoms with E-state index in [1.807, 2.05) is 48.5 Å². The van der Waals surface area contributed by atoms with Crippen molar-refractivity contribution in [2.75, 3.05) is 7.11 Å². The molecule has 0 heterocycles. The van der Waals surface area contributed by atoms with Gasteiger partial charge >= 0.3 is 5.97 Å². The van der Waals surface area contributed by atoms with Crippen LogP contribution in [0.25, 0.3) is 5.57 Å². The van der Waals surface area contributed by atoms with Crippen LogP contribution in [0.2, 0.25) is 0 Å². The summed E-state index contributed by atoms with van der Waals surface area (Å²) in [5.41, 5.74) is 3.42. The summed E-state index contributed by atoms with van der Waals surface area (Å²) >= 11 is 0. The number of carboxylic acids is 1. The van der Waals surface area contributed by atoms with Gasteiger partial charge in [0.1, 0.15) is 13.2 Å². The monoisotopic (exact) mass is 431 g/mol. The van der Waals surface area contributed by atoms with Gasteiger partial charge in [0.25, 0.3) is 0 Å². The molecule has 0 saturated carbocycles. The molecule has 0 fully saturated rings. The van der Waals surface area contributed by atoms with E-state index in [0.29, 0.717) is 23.7 Å². The lowest BCUT2D eigenvalue weighted by atomic mass is 10.00. The second kappa shape index (κ2) is 11.4. The maximum Gasteiger partial charge on any atom is 0.335 e. The molecule has 0 atom stereocenters. The average Bonchev–Trinajstić information content (AvgIpc) is 2.82. The molecule has 6 heteroatoms. The molecule has 0 bridgehead atoms. The minimum absolute atomic E-state index is 0.183. The lowest BCUT2D eigenvalue weighted by Gasteiger charge is -2.14. The fraction of sp³-hybridized carbons (Fsp3) is 0.154. The van der Waals surface area contributed by atoms with Crippen molar-refractivity contribution < 1.29 is 24.2 Å². The Balaban J connectivity index is 1.72. The zero-order chi connectivity index (χ0) is 22.8. The fourth-order valence-corrected chi connectivity index (χ4v) is 3.13. The molecule has 0 aliphatic heterocycles. The van der Waals surface area contributed by atoms with Gasteiger partial charge in [-0.2, -0.15) is 0 Å². The number of nitrogens with zero attached hydrogens (tertiary/aromatic N) is 1. The topological polar surface area (TPSA) is 77.4 Å². The maximum absolute atomic E-state index is 11.6. The summed E-state index contributed by atoms with van der Waals surface area (Å²) in [5, 5.41) is 13.5. The number of carbonyl (C=O) groups is 1. The van der Waals surface area contributed by atoms with Crippen molar-refractivity contribution in [3.63, 3.8) is 0 Å². The average molecular weight is 431 g/mol. The van der Waals surface area contributed by atoms with E-state index in [2.05, 4.69) is 5.16 Å². The van der Waals surface area contributed by atoms with Crippen LogP contribution < -0.4 is 9.47 Å².